The van der Waals surface area contributed by atoms with E-state index in [0.29, 0.717) is 16.5 Å². The molecule has 1 aromatic carbocycles. The van der Waals surface area contributed by atoms with Crippen LogP contribution >= 0.6 is 23.2 Å². The summed E-state index contributed by atoms with van der Waals surface area (Å²) in [5.74, 6) is -0.485. The zero-order chi connectivity index (χ0) is 15.7. The Hall–Kier alpha value is -0.810. The largest absolute Gasteiger partial charge is 0.367 e. The quantitative estimate of drug-likeness (QED) is 0.867. The Balaban J connectivity index is 2.41. The van der Waals surface area contributed by atoms with Crippen LogP contribution in [0.2, 0.25) is 10.0 Å². The molecular weight excluding hydrogens is 311 g/mol. The number of benzene rings is 1. The van der Waals surface area contributed by atoms with Gasteiger partial charge < -0.3 is 5.73 Å². The minimum absolute atomic E-state index is 0.450. The molecule has 1 saturated heterocycles. The lowest BCUT2D eigenvalue weighted by Gasteiger charge is -2.29. The number of carbonyl (C=O) groups excluding carboxylic acids is 1. The van der Waals surface area contributed by atoms with Crippen molar-refractivity contribution in [3.63, 3.8) is 0 Å². The fourth-order valence-corrected chi connectivity index (χ4v) is 3.28. The van der Waals surface area contributed by atoms with Crippen LogP contribution in [-0.2, 0) is 15.2 Å². The molecule has 1 aromatic rings. The maximum absolute atomic E-state index is 11.7. The van der Waals surface area contributed by atoms with Crippen molar-refractivity contribution in [3.05, 3.63) is 33.8 Å². The van der Waals surface area contributed by atoms with E-state index in [2.05, 4.69) is 12.4 Å². The maximum Gasteiger partial charge on any atom is 0.251 e. The van der Waals surface area contributed by atoms with E-state index in [0.717, 1.165) is 24.8 Å². The fourth-order valence-electron chi connectivity index (χ4n) is 2.75. The second-order valence-corrected chi connectivity index (χ2v) is 6.69. The zero-order valence-electron chi connectivity index (χ0n) is 12.2. The second kappa shape index (κ2) is 6.13. The van der Waals surface area contributed by atoms with Gasteiger partial charge in [-0.3, -0.25) is 9.63 Å². The first-order chi connectivity index (χ1) is 9.81. The van der Waals surface area contributed by atoms with Crippen LogP contribution in [0.25, 0.3) is 0 Å². The number of nitrogens with one attached hydrogen (secondary N) is 1. The molecule has 2 unspecified atom stereocenters. The van der Waals surface area contributed by atoms with Crippen LogP contribution < -0.4 is 11.2 Å². The van der Waals surface area contributed by atoms with Gasteiger partial charge in [-0.25, -0.2) is 0 Å². The summed E-state index contributed by atoms with van der Waals surface area (Å²) < 4.78 is 0. The number of unbranched alkanes of at least 4 members (excludes halogenated alkanes) is 1. The van der Waals surface area contributed by atoms with E-state index in [-0.39, 0.29) is 0 Å². The van der Waals surface area contributed by atoms with Gasteiger partial charge in [-0.05, 0) is 37.1 Å². The molecule has 1 fully saturated rings. The molecule has 0 spiro atoms. The van der Waals surface area contributed by atoms with E-state index in [1.165, 1.54) is 0 Å². The lowest BCUT2D eigenvalue weighted by Crippen LogP contribution is -2.41. The highest BCUT2D eigenvalue weighted by Gasteiger charge is 2.51. The predicted molar refractivity (Wildman–Crippen MR) is 84.1 cm³/mol. The predicted octanol–water partition coefficient (Wildman–Crippen LogP) is 3.55. The lowest BCUT2D eigenvalue weighted by molar-refractivity contribution is -0.142. The summed E-state index contributed by atoms with van der Waals surface area (Å²) in [7, 11) is 0. The average molecular weight is 331 g/mol. The van der Waals surface area contributed by atoms with Crippen LogP contribution in [0.15, 0.2) is 18.2 Å². The van der Waals surface area contributed by atoms with Crippen LogP contribution in [0.4, 0.5) is 0 Å². The van der Waals surface area contributed by atoms with Gasteiger partial charge >= 0.3 is 0 Å². The van der Waals surface area contributed by atoms with E-state index in [1.807, 2.05) is 12.1 Å². The minimum atomic E-state index is -1.04. The van der Waals surface area contributed by atoms with Gasteiger partial charge in [-0.2, -0.15) is 5.48 Å². The summed E-state index contributed by atoms with van der Waals surface area (Å²) in [6.45, 7) is 3.81. The number of halogens is 2. The molecule has 1 amide bonds. The summed E-state index contributed by atoms with van der Waals surface area (Å²) in [6.07, 6.45) is 3.27. The molecule has 4 nitrogen and oxygen atoms in total. The number of hydrogen-bond acceptors (Lipinski definition) is 3. The van der Waals surface area contributed by atoms with E-state index in [4.69, 9.17) is 33.8 Å². The molecule has 0 saturated carbocycles. The lowest BCUT2D eigenvalue weighted by atomic mass is 9.78. The maximum atomic E-state index is 11.7. The number of nitrogens with two attached hydrogens (primary N) is 1. The highest BCUT2D eigenvalue weighted by Crippen LogP contribution is 2.43. The van der Waals surface area contributed by atoms with Gasteiger partial charge in [0.05, 0.1) is 5.54 Å². The Bertz CT molecular complexity index is 532. The van der Waals surface area contributed by atoms with Gasteiger partial charge in [0.1, 0.15) is 0 Å². The Morgan fingerprint density at radius 2 is 2.00 bits per heavy atom. The molecule has 2 rings (SSSR count). The van der Waals surface area contributed by atoms with E-state index >= 15 is 0 Å². The third-order valence-corrected chi connectivity index (χ3v) is 4.44. The monoisotopic (exact) mass is 330 g/mol. The van der Waals surface area contributed by atoms with Gasteiger partial charge in [0.25, 0.3) is 5.91 Å². The average Bonchev–Trinajstić information content (AvgIpc) is 2.76. The first kappa shape index (κ1) is 16.6. The number of hydroxylamine groups is 1. The zero-order valence-corrected chi connectivity index (χ0v) is 13.7. The molecule has 3 N–H and O–H groups in total. The van der Waals surface area contributed by atoms with Gasteiger partial charge in [0.2, 0.25) is 0 Å². The standard InChI is InChI=1S/C15H20Cl2N2O2/c1-3-4-5-15(9-14(2,13(18)20)21-19-15)10-6-11(16)8-12(17)7-10/h6-8,19H,3-5,9H2,1-2H3,(H2,18,20). The van der Waals surface area contributed by atoms with Crippen molar-refractivity contribution < 1.29 is 9.63 Å². The van der Waals surface area contributed by atoms with Crippen LogP contribution in [0, 0.1) is 0 Å². The molecule has 6 heteroatoms. The summed E-state index contributed by atoms with van der Waals surface area (Å²) in [4.78, 5) is 17.2. The topological polar surface area (TPSA) is 64.4 Å². The third kappa shape index (κ3) is 3.34. The van der Waals surface area contributed by atoms with Crippen molar-refractivity contribution in [2.75, 3.05) is 0 Å². The number of carbonyl (C=O) groups is 1. The van der Waals surface area contributed by atoms with Gasteiger partial charge in [-0.1, -0.05) is 43.0 Å². The van der Waals surface area contributed by atoms with Crippen molar-refractivity contribution in [2.24, 2.45) is 5.73 Å². The Labute approximate surface area is 134 Å². The number of hydrogen-bond donors (Lipinski definition) is 2. The van der Waals surface area contributed by atoms with Crippen molar-refractivity contribution in [1.82, 2.24) is 5.48 Å². The summed E-state index contributed by atoms with van der Waals surface area (Å²) >= 11 is 12.2. The summed E-state index contributed by atoms with van der Waals surface area (Å²) in [6, 6.07) is 5.39. The van der Waals surface area contributed by atoms with E-state index in [9.17, 15) is 4.79 Å². The molecule has 0 bridgehead atoms. The van der Waals surface area contributed by atoms with Crippen LogP contribution in [0.1, 0.15) is 45.1 Å². The number of primary amides is 1. The SMILES string of the molecule is CCCCC1(c2cc(Cl)cc(Cl)c2)CC(C)(C(N)=O)ON1. The molecule has 1 aliphatic heterocycles. The van der Waals surface area contributed by atoms with Crippen molar-refractivity contribution >= 4 is 29.1 Å². The van der Waals surface area contributed by atoms with E-state index < -0.39 is 17.0 Å². The molecule has 21 heavy (non-hydrogen) atoms. The molecule has 2 atom stereocenters. The van der Waals surface area contributed by atoms with Gasteiger partial charge in [-0.15, -0.1) is 0 Å². The third-order valence-electron chi connectivity index (χ3n) is 4.00. The van der Waals surface area contributed by atoms with Crippen LogP contribution in [0.5, 0.6) is 0 Å². The van der Waals surface area contributed by atoms with Gasteiger partial charge in [0.15, 0.2) is 5.60 Å². The fraction of sp³-hybridized carbons (Fsp3) is 0.533. The first-order valence-corrected chi connectivity index (χ1v) is 7.78. The molecule has 1 aliphatic rings. The van der Waals surface area contributed by atoms with Crippen LogP contribution in [0.3, 0.4) is 0 Å². The number of amides is 1. The van der Waals surface area contributed by atoms with E-state index in [1.54, 1.807) is 13.0 Å². The van der Waals surface area contributed by atoms with Crippen molar-refractivity contribution in [3.8, 4) is 0 Å². The second-order valence-electron chi connectivity index (χ2n) is 5.82. The van der Waals surface area contributed by atoms with Gasteiger partial charge in [0, 0.05) is 16.5 Å². The Morgan fingerprint density at radius 1 is 1.38 bits per heavy atom. The summed E-state index contributed by atoms with van der Waals surface area (Å²) in [5.41, 5.74) is 7.86. The minimum Gasteiger partial charge on any atom is -0.367 e. The van der Waals surface area contributed by atoms with Crippen molar-refractivity contribution in [1.29, 1.82) is 0 Å². The Morgan fingerprint density at radius 3 is 2.48 bits per heavy atom. The molecule has 0 aliphatic carbocycles. The smallest absolute Gasteiger partial charge is 0.251 e. The Kier molecular flexibility index (Phi) is 4.83. The molecule has 1 heterocycles. The molecule has 116 valence electrons. The summed E-state index contributed by atoms with van der Waals surface area (Å²) in [5, 5.41) is 1.12. The van der Waals surface area contributed by atoms with Crippen LogP contribution in [-0.4, -0.2) is 11.5 Å². The normalized spacial score (nSPS) is 28.8. The highest BCUT2D eigenvalue weighted by molar-refractivity contribution is 6.34. The van der Waals surface area contributed by atoms with Crippen molar-refractivity contribution in [2.45, 2.75) is 50.7 Å². The first-order valence-electron chi connectivity index (χ1n) is 7.03. The molecular formula is C15H20Cl2N2O2. The molecule has 0 aromatic heterocycles. The highest BCUT2D eigenvalue weighted by atomic mass is 35.5. The molecule has 0 radical (unpaired) electrons. The number of rotatable bonds is 5.